The van der Waals surface area contributed by atoms with Crippen LogP contribution in [0.4, 0.5) is 15.8 Å². The molecule has 4 N–H and O–H groups in total. The zero-order chi connectivity index (χ0) is 24.9. The molecule has 1 aliphatic carbocycles. The van der Waals surface area contributed by atoms with Crippen molar-refractivity contribution in [1.29, 1.82) is 5.26 Å². The molecule has 2 aromatic carbocycles. The SMILES string of the molecule is BC(Nc1cc(Cl)c2ncc(C#N)c(NC3COC3)c2c1)(C1=CN(C2CC2)NN1)c1ccc(F)cc1. The number of anilines is 2. The summed E-state index contributed by atoms with van der Waals surface area (Å²) in [5.41, 5.74) is 9.97. The van der Waals surface area contributed by atoms with Crippen molar-refractivity contribution in [3.05, 3.63) is 76.5 Å². The molecule has 3 heterocycles. The van der Waals surface area contributed by atoms with Crippen molar-refractivity contribution in [2.24, 2.45) is 0 Å². The van der Waals surface area contributed by atoms with Crippen LogP contribution >= 0.6 is 11.6 Å². The Bertz CT molecular complexity index is 1400. The molecule has 0 radical (unpaired) electrons. The summed E-state index contributed by atoms with van der Waals surface area (Å²) in [7, 11) is 2.03. The van der Waals surface area contributed by atoms with Crippen molar-refractivity contribution in [2.75, 3.05) is 23.8 Å². The van der Waals surface area contributed by atoms with Crippen LogP contribution in [0.3, 0.4) is 0 Å². The Hall–Kier alpha value is -3.52. The number of pyridine rings is 1. The number of nitrogens with one attached hydrogen (secondary N) is 4. The van der Waals surface area contributed by atoms with Gasteiger partial charge in [0.1, 0.15) is 19.7 Å². The largest absolute Gasteiger partial charge is 0.378 e. The number of hydrogen-bond donors (Lipinski definition) is 4. The first kappa shape index (κ1) is 22.9. The van der Waals surface area contributed by atoms with Crippen LogP contribution in [0.1, 0.15) is 24.0 Å². The van der Waals surface area contributed by atoms with Crippen LogP contribution < -0.4 is 21.6 Å². The quantitative estimate of drug-likeness (QED) is 0.366. The molecule has 6 rings (SSSR count). The number of fused-ring (bicyclic) bond motifs is 1. The predicted octanol–water partition coefficient (Wildman–Crippen LogP) is 2.94. The van der Waals surface area contributed by atoms with Gasteiger partial charge in [-0.25, -0.2) is 4.39 Å². The first-order chi connectivity index (χ1) is 17.4. The first-order valence-electron chi connectivity index (χ1n) is 11.9. The maximum atomic E-state index is 13.8. The summed E-state index contributed by atoms with van der Waals surface area (Å²) in [5.74, 6) is -0.299. The summed E-state index contributed by atoms with van der Waals surface area (Å²) in [6.07, 6.45) is 5.86. The van der Waals surface area contributed by atoms with E-state index in [-0.39, 0.29) is 11.9 Å². The molecule has 0 spiro atoms. The van der Waals surface area contributed by atoms with Crippen molar-refractivity contribution < 1.29 is 9.13 Å². The van der Waals surface area contributed by atoms with Gasteiger partial charge in [0.15, 0.2) is 0 Å². The normalized spacial score (nSPS) is 19.1. The Labute approximate surface area is 213 Å². The molecule has 3 aromatic rings. The number of benzene rings is 2. The van der Waals surface area contributed by atoms with Crippen molar-refractivity contribution in [3.8, 4) is 6.07 Å². The highest BCUT2D eigenvalue weighted by atomic mass is 35.5. The van der Waals surface area contributed by atoms with Gasteiger partial charge in [-0.3, -0.25) is 9.99 Å². The van der Waals surface area contributed by atoms with Gasteiger partial charge in [-0.05, 0) is 42.7 Å². The van der Waals surface area contributed by atoms with Gasteiger partial charge in [0, 0.05) is 29.5 Å². The number of aromatic nitrogens is 1. The zero-order valence-electron chi connectivity index (χ0n) is 19.6. The minimum Gasteiger partial charge on any atom is -0.378 e. The number of nitriles is 1. The van der Waals surface area contributed by atoms with Gasteiger partial charge >= 0.3 is 0 Å². The van der Waals surface area contributed by atoms with Gasteiger partial charge in [-0.2, -0.15) is 5.26 Å². The molecule has 1 unspecified atom stereocenters. The molecule has 1 aromatic heterocycles. The van der Waals surface area contributed by atoms with Crippen molar-refractivity contribution >= 4 is 41.7 Å². The zero-order valence-corrected chi connectivity index (χ0v) is 20.4. The number of ether oxygens (including phenoxy) is 1. The fourth-order valence-electron chi connectivity index (χ4n) is 4.59. The van der Waals surface area contributed by atoms with Crippen molar-refractivity contribution in [2.45, 2.75) is 30.4 Å². The second kappa shape index (κ2) is 8.85. The Morgan fingerprint density at radius 2 is 2.03 bits per heavy atom. The van der Waals surface area contributed by atoms with Gasteiger partial charge in [-0.1, -0.05) is 23.7 Å². The highest BCUT2D eigenvalue weighted by Gasteiger charge is 2.38. The summed E-state index contributed by atoms with van der Waals surface area (Å²) < 4.78 is 19.1. The van der Waals surface area contributed by atoms with Gasteiger partial charge in [0.05, 0.1) is 52.2 Å². The van der Waals surface area contributed by atoms with E-state index in [1.807, 2.05) is 20.0 Å². The Morgan fingerprint density at radius 1 is 1.25 bits per heavy atom. The molecule has 2 fully saturated rings. The van der Waals surface area contributed by atoms with Crippen LogP contribution in [0, 0.1) is 17.1 Å². The minimum absolute atomic E-state index is 0.120. The molecule has 1 saturated heterocycles. The van der Waals surface area contributed by atoms with E-state index in [1.165, 1.54) is 18.3 Å². The number of hydrazine groups is 2. The van der Waals surface area contributed by atoms with E-state index < -0.39 is 5.44 Å². The fraction of sp³-hybridized carbons (Fsp3) is 0.280. The number of nitrogens with zero attached hydrogens (tertiary/aromatic N) is 3. The van der Waals surface area contributed by atoms with Gasteiger partial charge in [0.2, 0.25) is 0 Å². The molecule has 3 aliphatic rings. The molecular formula is C25H24BClFN7O. The highest BCUT2D eigenvalue weighted by Crippen LogP contribution is 2.38. The Balaban J connectivity index is 1.44. The van der Waals surface area contributed by atoms with E-state index in [4.69, 9.17) is 16.3 Å². The lowest BCUT2D eigenvalue weighted by Gasteiger charge is -2.34. The minimum atomic E-state index is -0.753. The first-order valence-corrected chi connectivity index (χ1v) is 12.3. The smallest absolute Gasteiger partial charge is 0.148 e. The van der Waals surface area contributed by atoms with E-state index in [9.17, 15) is 9.65 Å². The van der Waals surface area contributed by atoms with Crippen LogP contribution in [0.15, 0.2) is 54.5 Å². The monoisotopic (exact) mass is 503 g/mol. The van der Waals surface area contributed by atoms with E-state index in [0.717, 1.165) is 35.2 Å². The van der Waals surface area contributed by atoms with E-state index in [1.54, 1.807) is 12.1 Å². The fourth-order valence-corrected chi connectivity index (χ4v) is 4.86. The predicted molar refractivity (Wildman–Crippen MR) is 139 cm³/mol. The average molecular weight is 504 g/mol. The molecule has 36 heavy (non-hydrogen) atoms. The van der Waals surface area contributed by atoms with Crippen LogP contribution in [0.25, 0.3) is 10.9 Å². The summed E-state index contributed by atoms with van der Waals surface area (Å²) in [4.78, 5) is 4.45. The summed E-state index contributed by atoms with van der Waals surface area (Å²) in [6, 6.07) is 13.0. The molecule has 8 nitrogen and oxygen atoms in total. The molecule has 2 aliphatic heterocycles. The molecule has 1 atom stereocenters. The standard InChI is InChI=1S/C25H24BClFN7O/c26-25(15-1-3-16(28)4-2-15,22-11-35(34-33-22)19-5-6-19)32-17-7-20-23(31-18-12-36-13-18)14(9-29)10-30-24(20)21(27)8-17/h1-4,7-8,10-11,18-19,32-34H,5-6,12-13,26H2,(H,30,31). The summed E-state index contributed by atoms with van der Waals surface area (Å²) in [5, 5.41) is 20.0. The van der Waals surface area contributed by atoms with Crippen LogP contribution in [0.2, 0.25) is 5.02 Å². The van der Waals surface area contributed by atoms with Gasteiger partial charge < -0.3 is 20.8 Å². The second-order valence-corrected chi connectivity index (χ2v) is 9.97. The number of rotatable bonds is 7. The Morgan fingerprint density at radius 3 is 2.69 bits per heavy atom. The molecule has 0 bridgehead atoms. The average Bonchev–Trinajstić information content (AvgIpc) is 3.57. The molecule has 1 saturated carbocycles. The third-order valence-corrected chi connectivity index (χ3v) is 7.20. The Kier molecular flexibility index (Phi) is 5.64. The van der Waals surface area contributed by atoms with Crippen LogP contribution in [-0.4, -0.2) is 43.1 Å². The molecule has 11 heteroatoms. The molecule has 182 valence electrons. The number of halogens is 2. The second-order valence-electron chi connectivity index (χ2n) is 9.57. The third kappa shape index (κ3) is 4.09. The van der Waals surface area contributed by atoms with Crippen LogP contribution in [0.5, 0.6) is 0 Å². The topological polar surface area (TPSA) is 97.3 Å². The maximum absolute atomic E-state index is 13.8. The maximum Gasteiger partial charge on any atom is 0.148 e. The lowest BCUT2D eigenvalue weighted by Crippen LogP contribution is -2.45. The lowest BCUT2D eigenvalue weighted by molar-refractivity contribution is 0.0211. The summed E-state index contributed by atoms with van der Waals surface area (Å²) in [6.45, 7) is 1.15. The van der Waals surface area contributed by atoms with Crippen molar-refractivity contribution in [3.63, 3.8) is 0 Å². The third-order valence-electron chi connectivity index (χ3n) is 6.91. The molecule has 0 amide bonds. The van der Waals surface area contributed by atoms with E-state index >= 15 is 0 Å². The lowest BCUT2D eigenvalue weighted by atomic mass is 9.69. The van der Waals surface area contributed by atoms with E-state index in [2.05, 4.69) is 43.9 Å². The van der Waals surface area contributed by atoms with Gasteiger partial charge in [0.25, 0.3) is 0 Å². The van der Waals surface area contributed by atoms with Crippen LogP contribution in [-0.2, 0) is 10.2 Å². The molecular weight excluding hydrogens is 480 g/mol. The van der Waals surface area contributed by atoms with Gasteiger partial charge in [-0.15, -0.1) is 5.53 Å². The number of hydrogen-bond acceptors (Lipinski definition) is 8. The summed E-state index contributed by atoms with van der Waals surface area (Å²) >= 11 is 6.70. The highest BCUT2D eigenvalue weighted by molar-refractivity contribution is 6.36. The van der Waals surface area contributed by atoms with Crippen molar-refractivity contribution in [1.82, 2.24) is 21.0 Å². The van der Waals surface area contributed by atoms with E-state index in [0.29, 0.717) is 41.0 Å².